The highest BCUT2D eigenvalue weighted by Gasteiger charge is 2.24. The zero-order valence-electron chi connectivity index (χ0n) is 15.9. The Balaban J connectivity index is 1.30. The van der Waals surface area contributed by atoms with Gasteiger partial charge in [-0.3, -0.25) is 9.69 Å². The lowest BCUT2D eigenvalue weighted by atomic mass is 10.00. The molecule has 0 aliphatic carbocycles. The maximum Gasteiger partial charge on any atom is 0.236 e. The molecule has 2 heterocycles. The van der Waals surface area contributed by atoms with Gasteiger partial charge in [0.15, 0.2) is 0 Å². The molecule has 5 heteroatoms. The Morgan fingerprint density at radius 1 is 0.963 bits per heavy atom. The van der Waals surface area contributed by atoms with Crippen LogP contribution in [0.4, 0.5) is 5.69 Å². The molecule has 2 aliphatic rings. The van der Waals surface area contributed by atoms with E-state index in [1.807, 2.05) is 17.0 Å². The average Bonchev–Trinajstić information content (AvgIpc) is 2.74. The van der Waals surface area contributed by atoms with Gasteiger partial charge >= 0.3 is 0 Å². The van der Waals surface area contributed by atoms with Crippen LogP contribution in [0.1, 0.15) is 11.1 Å². The van der Waals surface area contributed by atoms with E-state index in [9.17, 15) is 4.79 Å². The summed E-state index contributed by atoms with van der Waals surface area (Å²) < 4.78 is 5.32. The predicted molar refractivity (Wildman–Crippen MR) is 107 cm³/mol. The molecule has 1 fully saturated rings. The molecule has 1 amide bonds. The van der Waals surface area contributed by atoms with Crippen LogP contribution in [0.2, 0.25) is 0 Å². The maximum absolute atomic E-state index is 12.8. The summed E-state index contributed by atoms with van der Waals surface area (Å²) >= 11 is 0. The molecule has 2 aromatic carbocycles. The van der Waals surface area contributed by atoms with Gasteiger partial charge in [0.1, 0.15) is 5.75 Å². The molecule has 0 saturated carbocycles. The maximum atomic E-state index is 12.8. The highest BCUT2D eigenvalue weighted by molar-refractivity contribution is 5.78. The van der Waals surface area contributed by atoms with E-state index in [0.29, 0.717) is 6.54 Å². The van der Waals surface area contributed by atoms with Crippen LogP contribution < -0.4 is 9.64 Å². The Hall–Kier alpha value is -2.53. The fourth-order valence-electron chi connectivity index (χ4n) is 4.00. The summed E-state index contributed by atoms with van der Waals surface area (Å²) in [7, 11) is 1.69. The van der Waals surface area contributed by atoms with Crippen molar-refractivity contribution in [2.45, 2.75) is 13.0 Å². The lowest BCUT2D eigenvalue weighted by molar-refractivity contribution is -0.132. The zero-order valence-corrected chi connectivity index (χ0v) is 15.9. The van der Waals surface area contributed by atoms with Gasteiger partial charge in [0.2, 0.25) is 5.91 Å². The number of ether oxygens (including phenoxy) is 1. The second-order valence-corrected chi connectivity index (χ2v) is 7.30. The predicted octanol–water partition coefficient (Wildman–Crippen LogP) is 2.40. The number of anilines is 1. The molecular weight excluding hydrogens is 338 g/mol. The van der Waals surface area contributed by atoms with Crippen molar-refractivity contribution in [3.05, 3.63) is 59.7 Å². The SMILES string of the molecule is COc1cccc(N2CCN(C(=O)CN3CCc4ccccc4C3)CC2)c1. The standard InChI is InChI=1S/C22H27N3O2/c1-27-21-8-4-7-20(15-21)24-11-13-25(14-12-24)22(26)17-23-10-9-18-5-2-3-6-19(18)16-23/h2-8,15H,9-14,16-17H2,1H3. The molecule has 5 nitrogen and oxygen atoms in total. The summed E-state index contributed by atoms with van der Waals surface area (Å²) in [5.74, 6) is 1.12. The molecule has 27 heavy (non-hydrogen) atoms. The first kappa shape index (κ1) is 17.9. The van der Waals surface area contributed by atoms with Crippen LogP contribution in [0, 0.1) is 0 Å². The van der Waals surface area contributed by atoms with Crippen molar-refractivity contribution in [2.24, 2.45) is 0 Å². The van der Waals surface area contributed by atoms with Gasteiger partial charge in [0.05, 0.1) is 13.7 Å². The first-order valence-electron chi connectivity index (χ1n) is 9.69. The van der Waals surface area contributed by atoms with Gasteiger partial charge in [0.25, 0.3) is 0 Å². The Morgan fingerprint density at radius 3 is 2.52 bits per heavy atom. The van der Waals surface area contributed by atoms with Crippen molar-refractivity contribution in [3.63, 3.8) is 0 Å². The van der Waals surface area contributed by atoms with Crippen LogP contribution in [-0.2, 0) is 17.8 Å². The molecule has 0 radical (unpaired) electrons. The third-order valence-corrected chi connectivity index (χ3v) is 5.62. The molecule has 4 rings (SSSR count). The van der Waals surface area contributed by atoms with E-state index in [4.69, 9.17) is 4.74 Å². The summed E-state index contributed by atoms with van der Waals surface area (Å²) in [6.07, 6.45) is 1.03. The Kier molecular flexibility index (Phi) is 5.30. The van der Waals surface area contributed by atoms with E-state index in [0.717, 1.165) is 57.1 Å². The van der Waals surface area contributed by atoms with Gasteiger partial charge in [-0.05, 0) is 29.7 Å². The number of amides is 1. The highest BCUT2D eigenvalue weighted by Crippen LogP contribution is 2.22. The van der Waals surface area contributed by atoms with Crippen LogP contribution in [0.25, 0.3) is 0 Å². The highest BCUT2D eigenvalue weighted by atomic mass is 16.5. The van der Waals surface area contributed by atoms with E-state index in [2.05, 4.69) is 46.2 Å². The summed E-state index contributed by atoms with van der Waals surface area (Å²) in [4.78, 5) is 19.4. The number of carbonyl (C=O) groups is 1. The molecule has 0 bridgehead atoms. The Labute approximate surface area is 161 Å². The fourth-order valence-corrected chi connectivity index (χ4v) is 4.00. The summed E-state index contributed by atoms with van der Waals surface area (Å²) in [6, 6.07) is 16.7. The summed E-state index contributed by atoms with van der Waals surface area (Å²) in [5.41, 5.74) is 3.95. The summed E-state index contributed by atoms with van der Waals surface area (Å²) in [5, 5.41) is 0. The Bertz CT molecular complexity index is 800. The number of piperazine rings is 1. The quantitative estimate of drug-likeness (QED) is 0.834. The molecular formula is C22H27N3O2. The van der Waals surface area contributed by atoms with E-state index in [1.54, 1.807) is 7.11 Å². The minimum Gasteiger partial charge on any atom is -0.497 e. The smallest absolute Gasteiger partial charge is 0.236 e. The molecule has 0 atom stereocenters. The lowest BCUT2D eigenvalue weighted by Crippen LogP contribution is -2.51. The second kappa shape index (κ2) is 8.01. The molecule has 0 N–H and O–H groups in total. The number of hydrogen-bond acceptors (Lipinski definition) is 4. The first-order chi connectivity index (χ1) is 13.2. The van der Waals surface area contributed by atoms with Crippen LogP contribution in [-0.4, -0.2) is 62.1 Å². The van der Waals surface area contributed by atoms with Gasteiger partial charge in [-0.25, -0.2) is 0 Å². The number of fused-ring (bicyclic) bond motifs is 1. The fraction of sp³-hybridized carbons (Fsp3) is 0.409. The molecule has 142 valence electrons. The molecule has 0 spiro atoms. The van der Waals surface area contributed by atoms with Crippen molar-refractivity contribution >= 4 is 11.6 Å². The topological polar surface area (TPSA) is 36.0 Å². The molecule has 2 aromatic rings. The van der Waals surface area contributed by atoms with E-state index in [1.165, 1.54) is 11.1 Å². The average molecular weight is 365 g/mol. The monoisotopic (exact) mass is 365 g/mol. The van der Waals surface area contributed by atoms with Crippen LogP contribution in [0.5, 0.6) is 5.75 Å². The van der Waals surface area contributed by atoms with Crippen molar-refractivity contribution in [3.8, 4) is 5.75 Å². The van der Waals surface area contributed by atoms with Crippen LogP contribution >= 0.6 is 0 Å². The molecule has 1 saturated heterocycles. The van der Waals surface area contributed by atoms with Gasteiger partial charge < -0.3 is 14.5 Å². The van der Waals surface area contributed by atoms with Crippen molar-refractivity contribution in [1.29, 1.82) is 0 Å². The number of nitrogens with zero attached hydrogens (tertiary/aromatic N) is 3. The number of hydrogen-bond donors (Lipinski definition) is 0. The number of benzene rings is 2. The normalized spacial score (nSPS) is 17.5. The van der Waals surface area contributed by atoms with E-state index < -0.39 is 0 Å². The van der Waals surface area contributed by atoms with Gasteiger partial charge in [-0.1, -0.05) is 30.3 Å². The van der Waals surface area contributed by atoms with Crippen molar-refractivity contribution in [1.82, 2.24) is 9.80 Å². The van der Waals surface area contributed by atoms with E-state index >= 15 is 0 Å². The largest absolute Gasteiger partial charge is 0.497 e. The van der Waals surface area contributed by atoms with Gasteiger partial charge in [-0.15, -0.1) is 0 Å². The summed E-state index contributed by atoms with van der Waals surface area (Å²) in [6.45, 7) is 5.65. The van der Waals surface area contributed by atoms with Crippen molar-refractivity contribution < 1.29 is 9.53 Å². The first-order valence-corrected chi connectivity index (χ1v) is 9.69. The minimum absolute atomic E-state index is 0.250. The zero-order chi connectivity index (χ0) is 18.6. The lowest BCUT2D eigenvalue weighted by Gasteiger charge is -2.37. The van der Waals surface area contributed by atoms with Gasteiger partial charge in [0, 0.05) is 51.0 Å². The van der Waals surface area contributed by atoms with Crippen LogP contribution in [0.15, 0.2) is 48.5 Å². The third-order valence-electron chi connectivity index (χ3n) is 5.62. The Morgan fingerprint density at radius 2 is 1.74 bits per heavy atom. The third kappa shape index (κ3) is 4.08. The minimum atomic E-state index is 0.250. The number of methoxy groups -OCH3 is 1. The number of rotatable bonds is 4. The second-order valence-electron chi connectivity index (χ2n) is 7.30. The molecule has 2 aliphatic heterocycles. The number of carbonyl (C=O) groups excluding carboxylic acids is 1. The van der Waals surface area contributed by atoms with E-state index in [-0.39, 0.29) is 5.91 Å². The van der Waals surface area contributed by atoms with Crippen LogP contribution in [0.3, 0.4) is 0 Å². The molecule has 0 unspecified atom stereocenters. The van der Waals surface area contributed by atoms with Gasteiger partial charge in [-0.2, -0.15) is 0 Å². The molecule has 0 aromatic heterocycles. The van der Waals surface area contributed by atoms with Crippen molar-refractivity contribution in [2.75, 3.05) is 51.3 Å².